The molecule has 1 aromatic heterocycles. The second-order valence-electron chi connectivity index (χ2n) is 7.37. The molecule has 1 aliphatic rings. The molecule has 10 heteroatoms. The molecule has 0 saturated heterocycles. The highest BCUT2D eigenvalue weighted by Crippen LogP contribution is 2.43. The highest BCUT2D eigenvalue weighted by atomic mass is 19.2. The van der Waals surface area contributed by atoms with Crippen molar-refractivity contribution in [3.8, 4) is 5.75 Å². The van der Waals surface area contributed by atoms with E-state index in [0.717, 1.165) is 19.1 Å². The lowest BCUT2D eigenvalue weighted by atomic mass is 9.79. The Morgan fingerprint density at radius 2 is 2.00 bits per heavy atom. The lowest BCUT2D eigenvalue weighted by Crippen LogP contribution is -2.51. The number of alkyl halides is 2. The maximum atomic E-state index is 14.8. The van der Waals surface area contributed by atoms with Crippen LogP contribution in [0.15, 0.2) is 35.5 Å². The van der Waals surface area contributed by atoms with Gasteiger partial charge in [-0.2, -0.15) is 0 Å². The zero-order valence-electron chi connectivity index (χ0n) is 16.5. The minimum absolute atomic E-state index is 0.00945. The van der Waals surface area contributed by atoms with Crippen LogP contribution in [0, 0.1) is 11.6 Å². The van der Waals surface area contributed by atoms with Gasteiger partial charge < -0.3 is 15.8 Å². The average molecular weight is 424 g/mol. The predicted molar refractivity (Wildman–Crippen MR) is 103 cm³/mol. The van der Waals surface area contributed by atoms with Crippen LogP contribution in [0.4, 0.5) is 23.2 Å². The number of anilines is 1. The number of benzene rings is 1. The first-order chi connectivity index (χ1) is 14.0. The SMILES string of the molecule is COc1ccc(C(=O)Nc2cc(F)c(F)c([C@@]3(C)N=C(N)[C@@](C)(F)C[C@@H]3F)c2)nc1. The first-order valence-electron chi connectivity index (χ1n) is 8.97. The van der Waals surface area contributed by atoms with Gasteiger partial charge in [0.2, 0.25) is 0 Å². The fraction of sp³-hybridized carbons (Fsp3) is 0.350. The van der Waals surface area contributed by atoms with Crippen LogP contribution in [0.3, 0.4) is 0 Å². The number of methoxy groups -OCH3 is 1. The van der Waals surface area contributed by atoms with Gasteiger partial charge in [-0.25, -0.2) is 22.5 Å². The lowest BCUT2D eigenvalue weighted by Gasteiger charge is -2.39. The van der Waals surface area contributed by atoms with E-state index in [1.165, 1.54) is 32.4 Å². The molecule has 0 bridgehead atoms. The second-order valence-corrected chi connectivity index (χ2v) is 7.37. The fourth-order valence-electron chi connectivity index (χ4n) is 3.17. The Morgan fingerprint density at radius 1 is 1.30 bits per heavy atom. The largest absolute Gasteiger partial charge is 0.495 e. The third-order valence-electron chi connectivity index (χ3n) is 5.10. The minimum atomic E-state index is -2.21. The number of hydrogen-bond acceptors (Lipinski definition) is 5. The zero-order valence-corrected chi connectivity index (χ0v) is 16.5. The molecule has 0 spiro atoms. The Morgan fingerprint density at radius 3 is 2.60 bits per heavy atom. The molecule has 30 heavy (non-hydrogen) atoms. The number of rotatable bonds is 4. The van der Waals surface area contributed by atoms with Gasteiger partial charge in [-0.3, -0.25) is 9.79 Å². The number of pyridine rings is 1. The van der Waals surface area contributed by atoms with Crippen molar-refractivity contribution in [3.63, 3.8) is 0 Å². The summed E-state index contributed by atoms with van der Waals surface area (Å²) in [4.78, 5) is 20.1. The van der Waals surface area contributed by atoms with Crippen LogP contribution in [0.25, 0.3) is 0 Å². The molecule has 0 saturated carbocycles. The number of nitrogens with one attached hydrogen (secondary N) is 1. The van der Waals surface area contributed by atoms with E-state index >= 15 is 0 Å². The van der Waals surface area contributed by atoms with Crippen LogP contribution in [-0.4, -0.2) is 35.7 Å². The molecule has 3 atom stereocenters. The van der Waals surface area contributed by atoms with E-state index in [2.05, 4.69) is 15.3 Å². The topological polar surface area (TPSA) is 89.6 Å². The van der Waals surface area contributed by atoms with Crippen LogP contribution in [-0.2, 0) is 5.54 Å². The van der Waals surface area contributed by atoms with E-state index in [0.29, 0.717) is 5.75 Å². The normalized spacial score (nSPS) is 26.1. The standard InChI is InChI=1S/C20H20F4N4O2/c1-19(24)8-15(22)20(2,28-18(19)25)12-6-10(7-13(21)16(12)23)27-17(29)14-5-4-11(30-3)9-26-14/h4-7,9,15H,8H2,1-3H3,(H2,25,28)(H,27,29)/t15-,19-,20+/m0/s1. The molecule has 0 radical (unpaired) electrons. The summed E-state index contributed by atoms with van der Waals surface area (Å²) in [6, 6.07) is 4.67. The molecule has 3 N–H and O–H groups in total. The summed E-state index contributed by atoms with van der Waals surface area (Å²) < 4.78 is 62.9. The first-order valence-corrected chi connectivity index (χ1v) is 8.97. The third-order valence-corrected chi connectivity index (χ3v) is 5.10. The molecular weight excluding hydrogens is 404 g/mol. The molecule has 2 heterocycles. The molecule has 1 aromatic carbocycles. The number of hydrogen-bond donors (Lipinski definition) is 2. The van der Waals surface area contributed by atoms with E-state index in [1.54, 1.807) is 0 Å². The predicted octanol–water partition coefficient (Wildman–Crippen LogP) is 3.66. The molecule has 3 rings (SSSR count). The van der Waals surface area contributed by atoms with Crippen LogP contribution >= 0.6 is 0 Å². The summed E-state index contributed by atoms with van der Waals surface area (Å²) >= 11 is 0. The second kappa shape index (κ2) is 7.58. The fourth-order valence-corrected chi connectivity index (χ4v) is 3.17. The smallest absolute Gasteiger partial charge is 0.274 e. The molecular formula is C20H20F4N4O2. The van der Waals surface area contributed by atoms with Crippen molar-refractivity contribution in [3.05, 3.63) is 53.4 Å². The number of amidine groups is 1. The molecule has 160 valence electrons. The van der Waals surface area contributed by atoms with Gasteiger partial charge in [-0.15, -0.1) is 0 Å². The first kappa shape index (κ1) is 21.5. The summed E-state index contributed by atoms with van der Waals surface area (Å²) in [7, 11) is 1.43. The Labute approximate surface area is 170 Å². The van der Waals surface area contributed by atoms with Gasteiger partial charge >= 0.3 is 0 Å². The van der Waals surface area contributed by atoms with Gasteiger partial charge in [0.25, 0.3) is 5.91 Å². The zero-order chi connectivity index (χ0) is 22.3. The van der Waals surface area contributed by atoms with Crippen molar-refractivity contribution < 1.29 is 27.1 Å². The van der Waals surface area contributed by atoms with Gasteiger partial charge in [-0.05, 0) is 32.0 Å². The van der Waals surface area contributed by atoms with Crippen LogP contribution in [0.1, 0.15) is 36.3 Å². The van der Waals surface area contributed by atoms with Crippen molar-refractivity contribution in [1.29, 1.82) is 0 Å². The number of halogens is 4. The van der Waals surface area contributed by atoms with Crippen LogP contribution < -0.4 is 15.8 Å². The van der Waals surface area contributed by atoms with E-state index in [4.69, 9.17) is 10.5 Å². The molecule has 1 aliphatic heterocycles. The number of carbonyl (C=O) groups excluding carboxylic acids is 1. The monoisotopic (exact) mass is 424 g/mol. The van der Waals surface area contributed by atoms with E-state index < -0.39 is 52.7 Å². The molecule has 0 unspecified atom stereocenters. The lowest BCUT2D eigenvalue weighted by molar-refractivity contribution is 0.102. The Kier molecular flexibility index (Phi) is 5.44. The van der Waals surface area contributed by atoms with Gasteiger partial charge in [0, 0.05) is 23.7 Å². The van der Waals surface area contributed by atoms with Crippen molar-refractivity contribution in [2.24, 2.45) is 10.7 Å². The summed E-state index contributed by atoms with van der Waals surface area (Å²) in [5.41, 5.74) is 0.763. The number of carbonyl (C=O) groups is 1. The third kappa shape index (κ3) is 3.81. The molecule has 2 aromatic rings. The number of nitrogens with two attached hydrogens (primary N) is 1. The quantitative estimate of drug-likeness (QED) is 0.733. The van der Waals surface area contributed by atoms with Crippen molar-refractivity contribution in [1.82, 2.24) is 4.98 Å². The van der Waals surface area contributed by atoms with Crippen molar-refractivity contribution in [2.75, 3.05) is 12.4 Å². The Balaban J connectivity index is 1.98. The van der Waals surface area contributed by atoms with Gasteiger partial charge in [0.15, 0.2) is 17.3 Å². The van der Waals surface area contributed by atoms with E-state index in [1.807, 2.05) is 0 Å². The number of ether oxygens (including phenoxy) is 1. The number of amides is 1. The summed E-state index contributed by atoms with van der Waals surface area (Å²) in [5.74, 6) is -3.49. The number of aliphatic imine (C=N–C) groups is 1. The summed E-state index contributed by atoms with van der Waals surface area (Å²) in [6.07, 6.45) is -1.34. The van der Waals surface area contributed by atoms with Gasteiger partial charge in [0.05, 0.1) is 13.3 Å². The maximum Gasteiger partial charge on any atom is 0.274 e. The molecule has 0 aliphatic carbocycles. The Hall–Kier alpha value is -3.17. The van der Waals surface area contributed by atoms with Crippen LogP contribution in [0.5, 0.6) is 5.75 Å². The average Bonchev–Trinajstić information content (AvgIpc) is 2.69. The molecule has 1 amide bonds. The summed E-state index contributed by atoms with van der Waals surface area (Å²) in [6.45, 7) is 2.25. The van der Waals surface area contributed by atoms with Crippen molar-refractivity contribution in [2.45, 2.75) is 37.6 Å². The molecule has 6 nitrogen and oxygen atoms in total. The highest BCUT2D eigenvalue weighted by molar-refractivity contribution is 6.03. The van der Waals surface area contributed by atoms with Crippen molar-refractivity contribution >= 4 is 17.4 Å². The number of nitrogens with zero attached hydrogens (tertiary/aromatic N) is 2. The van der Waals surface area contributed by atoms with Crippen LogP contribution in [0.2, 0.25) is 0 Å². The summed E-state index contributed by atoms with van der Waals surface area (Å²) in [5, 5.41) is 2.38. The van der Waals surface area contributed by atoms with E-state index in [-0.39, 0.29) is 11.4 Å². The minimum Gasteiger partial charge on any atom is -0.495 e. The maximum absolute atomic E-state index is 14.8. The number of aromatic nitrogens is 1. The van der Waals surface area contributed by atoms with Gasteiger partial charge in [-0.1, -0.05) is 0 Å². The highest BCUT2D eigenvalue weighted by Gasteiger charge is 2.49. The van der Waals surface area contributed by atoms with Gasteiger partial charge in [0.1, 0.15) is 29.0 Å². The molecule has 0 fully saturated rings. The Bertz CT molecular complexity index is 1010. The van der Waals surface area contributed by atoms with E-state index in [9.17, 15) is 22.4 Å².